The number of imide groups is 1. The van der Waals surface area contributed by atoms with Crippen molar-refractivity contribution in [1.29, 1.82) is 0 Å². The van der Waals surface area contributed by atoms with E-state index in [1.54, 1.807) is 53.4 Å². The highest BCUT2D eigenvalue weighted by Crippen LogP contribution is 2.28. The number of nitrogens with zero attached hydrogens (tertiary/aromatic N) is 2. The number of carbonyl (C=O) groups is 4. The Hall–Kier alpha value is -3.68. The van der Waals surface area contributed by atoms with Gasteiger partial charge in [-0.05, 0) is 56.2 Å². The third kappa shape index (κ3) is 4.74. The highest BCUT2D eigenvalue weighted by Gasteiger charge is 2.36. The van der Waals surface area contributed by atoms with Gasteiger partial charge in [0.25, 0.3) is 11.8 Å². The number of unbranched alkanes of at least 4 members (excludes halogenated alkanes) is 1. The van der Waals surface area contributed by atoms with Crippen LogP contribution in [0.4, 0.5) is 5.69 Å². The molecule has 0 aliphatic carbocycles. The number of esters is 1. The Bertz CT molecular complexity index is 1030. The maximum Gasteiger partial charge on any atom is 0.311 e. The second kappa shape index (κ2) is 9.85. The normalized spacial score (nSPS) is 17.5. The van der Waals surface area contributed by atoms with Crippen LogP contribution >= 0.6 is 0 Å². The van der Waals surface area contributed by atoms with Crippen molar-refractivity contribution in [3.05, 3.63) is 59.7 Å². The van der Waals surface area contributed by atoms with E-state index in [9.17, 15) is 19.2 Å². The number of ether oxygens (including phenoxy) is 2. The van der Waals surface area contributed by atoms with Crippen LogP contribution < -0.4 is 9.64 Å². The first-order chi connectivity index (χ1) is 16.0. The molecule has 0 spiro atoms. The lowest BCUT2D eigenvalue weighted by molar-refractivity contribution is -0.148. The fourth-order valence-corrected chi connectivity index (χ4v) is 4.11. The van der Waals surface area contributed by atoms with Gasteiger partial charge in [0.05, 0.1) is 30.3 Å². The number of fused-ring (bicyclic) bond motifs is 1. The maximum absolute atomic E-state index is 12.4. The van der Waals surface area contributed by atoms with Crippen molar-refractivity contribution in [3.8, 4) is 5.75 Å². The van der Waals surface area contributed by atoms with Gasteiger partial charge in [-0.15, -0.1) is 0 Å². The van der Waals surface area contributed by atoms with Crippen LogP contribution in [0.2, 0.25) is 0 Å². The summed E-state index contributed by atoms with van der Waals surface area (Å²) in [4.78, 5) is 52.4. The first-order valence-corrected chi connectivity index (χ1v) is 11.1. The Morgan fingerprint density at radius 3 is 2.27 bits per heavy atom. The number of benzene rings is 2. The van der Waals surface area contributed by atoms with Gasteiger partial charge in [0.2, 0.25) is 5.91 Å². The summed E-state index contributed by atoms with van der Waals surface area (Å²) in [5.74, 6) is -0.882. The third-order valence-corrected chi connectivity index (χ3v) is 5.82. The molecule has 1 fully saturated rings. The SMILES string of the molecule is CCOc1ccc(N2CC(C(=O)OCCCCN3C(=O)c4ccccc4C3=O)CC2=O)cc1. The van der Waals surface area contributed by atoms with Crippen molar-refractivity contribution in [1.82, 2.24) is 4.90 Å². The van der Waals surface area contributed by atoms with E-state index in [4.69, 9.17) is 9.47 Å². The zero-order valence-corrected chi connectivity index (χ0v) is 18.5. The highest BCUT2D eigenvalue weighted by molar-refractivity contribution is 6.21. The molecule has 2 aromatic rings. The zero-order chi connectivity index (χ0) is 23.4. The van der Waals surface area contributed by atoms with Gasteiger partial charge in [0.1, 0.15) is 5.75 Å². The molecular formula is C25H26N2O6. The van der Waals surface area contributed by atoms with Gasteiger partial charge < -0.3 is 14.4 Å². The van der Waals surface area contributed by atoms with Crippen LogP contribution in [0.5, 0.6) is 5.75 Å². The van der Waals surface area contributed by atoms with Crippen molar-refractivity contribution < 1.29 is 28.7 Å². The Labute approximate surface area is 192 Å². The van der Waals surface area contributed by atoms with Crippen molar-refractivity contribution >= 4 is 29.4 Å². The molecule has 1 unspecified atom stereocenters. The highest BCUT2D eigenvalue weighted by atomic mass is 16.5. The predicted octanol–water partition coefficient (Wildman–Crippen LogP) is 3.06. The van der Waals surface area contributed by atoms with Gasteiger partial charge in [0, 0.05) is 25.2 Å². The summed E-state index contributed by atoms with van der Waals surface area (Å²) in [6.07, 6.45) is 1.16. The number of hydrogen-bond donors (Lipinski definition) is 0. The molecular weight excluding hydrogens is 424 g/mol. The second-order valence-corrected chi connectivity index (χ2v) is 8.01. The van der Waals surface area contributed by atoms with Gasteiger partial charge in [-0.2, -0.15) is 0 Å². The summed E-state index contributed by atoms with van der Waals surface area (Å²) in [7, 11) is 0. The molecule has 172 valence electrons. The van der Waals surface area contributed by atoms with E-state index in [2.05, 4.69) is 0 Å². The third-order valence-electron chi connectivity index (χ3n) is 5.82. The van der Waals surface area contributed by atoms with Crippen molar-refractivity contribution in [2.75, 3.05) is 31.2 Å². The second-order valence-electron chi connectivity index (χ2n) is 8.01. The molecule has 3 amide bonds. The molecule has 2 heterocycles. The summed E-state index contributed by atoms with van der Waals surface area (Å²) in [5.41, 5.74) is 1.58. The molecule has 8 heteroatoms. The number of amides is 3. The fraction of sp³-hybridized carbons (Fsp3) is 0.360. The average molecular weight is 450 g/mol. The smallest absolute Gasteiger partial charge is 0.311 e. The van der Waals surface area contributed by atoms with Crippen LogP contribution in [-0.4, -0.2) is 54.9 Å². The van der Waals surface area contributed by atoms with Crippen LogP contribution in [0.3, 0.4) is 0 Å². The molecule has 2 aliphatic heterocycles. The average Bonchev–Trinajstić information content (AvgIpc) is 3.33. The molecule has 0 bridgehead atoms. The summed E-state index contributed by atoms with van der Waals surface area (Å²) in [6, 6.07) is 14.0. The van der Waals surface area contributed by atoms with E-state index in [0.717, 1.165) is 11.4 Å². The topological polar surface area (TPSA) is 93.2 Å². The molecule has 0 N–H and O–H groups in total. The molecule has 0 saturated carbocycles. The minimum atomic E-state index is -0.514. The standard InChI is InChI=1S/C25H26N2O6/c1-2-32-19-11-9-18(10-12-19)27-16-17(15-22(27)28)25(31)33-14-6-5-13-26-23(29)20-7-3-4-8-21(20)24(26)30/h3-4,7-12,17H,2,5-6,13-16H2,1H3. The Morgan fingerprint density at radius 2 is 1.64 bits per heavy atom. The van der Waals surface area contributed by atoms with Crippen LogP contribution in [-0.2, 0) is 14.3 Å². The number of anilines is 1. The van der Waals surface area contributed by atoms with Crippen LogP contribution in [0, 0.1) is 5.92 Å². The van der Waals surface area contributed by atoms with Crippen LogP contribution in [0.1, 0.15) is 46.9 Å². The molecule has 1 atom stereocenters. The summed E-state index contributed by atoms with van der Waals surface area (Å²) >= 11 is 0. The molecule has 0 aromatic heterocycles. The van der Waals surface area contributed by atoms with Gasteiger partial charge in [-0.1, -0.05) is 12.1 Å². The molecule has 0 radical (unpaired) electrons. The lowest BCUT2D eigenvalue weighted by Gasteiger charge is -2.17. The quantitative estimate of drug-likeness (QED) is 0.331. The van der Waals surface area contributed by atoms with Crippen molar-refractivity contribution in [2.45, 2.75) is 26.2 Å². The van der Waals surface area contributed by atoms with E-state index in [1.165, 1.54) is 4.90 Å². The first kappa shape index (κ1) is 22.5. The Morgan fingerprint density at radius 1 is 0.970 bits per heavy atom. The van der Waals surface area contributed by atoms with Gasteiger partial charge in [-0.25, -0.2) is 0 Å². The number of carbonyl (C=O) groups excluding carboxylic acids is 4. The van der Waals surface area contributed by atoms with Gasteiger partial charge >= 0.3 is 5.97 Å². The predicted molar refractivity (Wildman–Crippen MR) is 120 cm³/mol. The van der Waals surface area contributed by atoms with E-state index in [-0.39, 0.29) is 43.8 Å². The molecule has 8 nitrogen and oxygen atoms in total. The van der Waals surface area contributed by atoms with E-state index in [0.29, 0.717) is 30.6 Å². The van der Waals surface area contributed by atoms with Crippen molar-refractivity contribution in [3.63, 3.8) is 0 Å². The van der Waals surface area contributed by atoms with E-state index >= 15 is 0 Å². The Kier molecular flexibility index (Phi) is 6.72. The summed E-state index contributed by atoms with van der Waals surface area (Å²) in [5, 5.41) is 0. The molecule has 33 heavy (non-hydrogen) atoms. The van der Waals surface area contributed by atoms with Crippen LogP contribution in [0.15, 0.2) is 48.5 Å². The largest absolute Gasteiger partial charge is 0.494 e. The lowest BCUT2D eigenvalue weighted by Crippen LogP contribution is -2.31. The molecule has 1 saturated heterocycles. The van der Waals surface area contributed by atoms with Gasteiger partial charge in [-0.3, -0.25) is 24.1 Å². The molecule has 2 aromatic carbocycles. The number of rotatable bonds is 9. The van der Waals surface area contributed by atoms with E-state index < -0.39 is 11.9 Å². The summed E-state index contributed by atoms with van der Waals surface area (Å²) < 4.78 is 10.8. The van der Waals surface area contributed by atoms with Crippen LogP contribution in [0.25, 0.3) is 0 Å². The van der Waals surface area contributed by atoms with Gasteiger partial charge in [0.15, 0.2) is 0 Å². The number of hydrogen-bond acceptors (Lipinski definition) is 6. The van der Waals surface area contributed by atoms with E-state index in [1.807, 2.05) is 6.92 Å². The molecule has 2 aliphatic rings. The zero-order valence-electron chi connectivity index (χ0n) is 18.5. The maximum atomic E-state index is 12.4. The molecule has 4 rings (SSSR count). The summed E-state index contributed by atoms with van der Waals surface area (Å²) in [6.45, 7) is 3.20. The Balaban J connectivity index is 1.20. The van der Waals surface area contributed by atoms with Crippen molar-refractivity contribution in [2.24, 2.45) is 5.92 Å². The first-order valence-electron chi connectivity index (χ1n) is 11.1. The minimum Gasteiger partial charge on any atom is -0.494 e. The minimum absolute atomic E-state index is 0.112. The lowest BCUT2D eigenvalue weighted by atomic mass is 10.1. The monoisotopic (exact) mass is 450 g/mol. The fourth-order valence-electron chi connectivity index (χ4n) is 4.11.